The zero-order valence-electron chi connectivity index (χ0n) is 18.8. The molecule has 34 heavy (non-hydrogen) atoms. The molecule has 3 heterocycles. The van der Waals surface area contributed by atoms with Crippen LogP contribution in [0.4, 0.5) is 8.78 Å². The van der Waals surface area contributed by atoms with Crippen LogP contribution in [0.3, 0.4) is 0 Å². The first kappa shape index (κ1) is 22.5. The van der Waals surface area contributed by atoms with Crippen molar-refractivity contribution >= 4 is 11.8 Å². The van der Waals surface area contributed by atoms with E-state index in [-0.39, 0.29) is 35.6 Å². The maximum absolute atomic E-state index is 13.9. The number of hydrogen-bond donors (Lipinski definition) is 2. The smallest absolute Gasteiger partial charge is 0.276 e. The summed E-state index contributed by atoms with van der Waals surface area (Å²) in [7, 11) is 0. The third kappa shape index (κ3) is 3.96. The fourth-order valence-corrected chi connectivity index (χ4v) is 4.91. The van der Waals surface area contributed by atoms with Gasteiger partial charge in [0.1, 0.15) is 23.4 Å². The van der Waals surface area contributed by atoms with Gasteiger partial charge in [-0.05, 0) is 38.2 Å². The molecule has 0 radical (unpaired) electrons. The lowest BCUT2D eigenvalue weighted by Gasteiger charge is -2.50. The molecular formula is C24H26F2N4O4. The van der Waals surface area contributed by atoms with E-state index in [0.29, 0.717) is 18.5 Å². The Morgan fingerprint density at radius 3 is 2.68 bits per heavy atom. The third-order valence-corrected chi connectivity index (χ3v) is 6.99. The number of nitrogens with one attached hydrogen (secondary N) is 1. The SMILES string of the molecule is C[C@H]1CCN(CC2CC2)C2Cn3cc(C(=O)NCc4ccc(F)cc4F)c(=O)c(O)c3C(=O)N21. The summed E-state index contributed by atoms with van der Waals surface area (Å²) in [5.74, 6) is -2.95. The van der Waals surface area contributed by atoms with Crippen molar-refractivity contribution in [2.75, 3.05) is 13.1 Å². The van der Waals surface area contributed by atoms with Gasteiger partial charge in [-0.25, -0.2) is 8.78 Å². The largest absolute Gasteiger partial charge is 0.503 e. The number of benzene rings is 1. The molecule has 5 rings (SSSR count). The van der Waals surface area contributed by atoms with Gasteiger partial charge in [0.2, 0.25) is 5.43 Å². The highest BCUT2D eigenvalue weighted by Gasteiger charge is 2.44. The number of aromatic hydroxyl groups is 1. The van der Waals surface area contributed by atoms with Crippen molar-refractivity contribution in [1.29, 1.82) is 0 Å². The van der Waals surface area contributed by atoms with Gasteiger partial charge in [-0.1, -0.05) is 6.07 Å². The quantitative estimate of drug-likeness (QED) is 0.695. The number of amides is 2. The molecule has 1 aliphatic carbocycles. The monoisotopic (exact) mass is 472 g/mol. The average molecular weight is 472 g/mol. The molecule has 1 aromatic carbocycles. The summed E-state index contributed by atoms with van der Waals surface area (Å²) in [6.45, 7) is 3.75. The first-order chi connectivity index (χ1) is 16.2. The second-order valence-corrected chi connectivity index (χ2v) is 9.41. The van der Waals surface area contributed by atoms with Crippen molar-refractivity contribution in [2.24, 2.45) is 5.92 Å². The van der Waals surface area contributed by atoms with Gasteiger partial charge in [-0.3, -0.25) is 19.3 Å². The predicted octanol–water partition coefficient (Wildman–Crippen LogP) is 2.05. The summed E-state index contributed by atoms with van der Waals surface area (Å²) < 4.78 is 28.5. The summed E-state index contributed by atoms with van der Waals surface area (Å²) in [6, 6.07) is 2.94. The maximum Gasteiger partial charge on any atom is 0.276 e. The highest BCUT2D eigenvalue weighted by atomic mass is 19.1. The van der Waals surface area contributed by atoms with E-state index in [1.165, 1.54) is 29.7 Å². The minimum atomic E-state index is -0.963. The van der Waals surface area contributed by atoms with Gasteiger partial charge in [0.05, 0.1) is 6.54 Å². The summed E-state index contributed by atoms with van der Waals surface area (Å²) in [4.78, 5) is 42.9. The molecule has 1 saturated carbocycles. The van der Waals surface area contributed by atoms with Crippen molar-refractivity contribution in [3.8, 4) is 5.75 Å². The summed E-state index contributed by atoms with van der Waals surface area (Å²) in [5.41, 5.74) is -1.38. The van der Waals surface area contributed by atoms with Gasteiger partial charge in [0.25, 0.3) is 11.8 Å². The predicted molar refractivity (Wildman–Crippen MR) is 118 cm³/mol. The standard InChI is InChI=1S/C24H26F2N4O4/c1-13-6-7-28(10-14-2-3-14)19-12-29-11-17(21(31)22(32)20(29)24(34)30(13)19)23(33)27-9-15-4-5-16(25)8-18(15)26/h4-5,8,11,13-14,19,32H,2-3,6-7,9-10,12H2,1H3,(H,27,33)/t13-,19?/m0/s1. The van der Waals surface area contributed by atoms with Crippen molar-refractivity contribution in [3.05, 3.63) is 63.1 Å². The van der Waals surface area contributed by atoms with E-state index in [1.807, 2.05) is 6.92 Å². The summed E-state index contributed by atoms with van der Waals surface area (Å²) >= 11 is 0. The number of nitrogens with zero attached hydrogens (tertiary/aromatic N) is 3. The van der Waals surface area contributed by atoms with E-state index in [2.05, 4.69) is 10.2 Å². The fraction of sp³-hybridized carbons (Fsp3) is 0.458. The maximum atomic E-state index is 13.9. The Hall–Kier alpha value is -3.27. The number of rotatable bonds is 5. The highest BCUT2D eigenvalue weighted by molar-refractivity contribution is 5.99. The third-order valence-electron chi connectivity index (χ3n) is 6.99. The first-order valence-corrected chi connectivity index (χ1v) is 11.5. The zero-order chi connectivity index (χ0) is 24.1. The number of aromatic nitrogens is 1. The molecular weight excluding hydrogens is 446 g/mol. The fourth-order valence-electron chi connectivity index (χ4n) is 4.91. The topological polar surface area (TPSA) is 94.9 Å². The van der Waals surface area contributed by atoms with E-state index in [0.717, 1.165) is 25.6 Å². The van der Waals surface area contributed by atoms with Crippen LogP contribution in [0.25, 0.3) is 0 Å². The molecule has 2 aromatic rings. The zero-order valence-corrected chi connectivity index (χ0v) is 18.8. The molecule has 2 aliphatic heterocycles. The van der Waals surface area contributed by atoms with Crippen LogP contribution in [0.5, 0.6) is 5.75 Å². The first-order valence-electron chi connectivity index (χ1n) is 11.5. The van der Waals surface area contributed by atoms with E-state index in [1.54, 1.807) is 4.90 Å². The van der Waals surface area contributed by atoms with Gasteiger partial charge in [-0.15, -0.1) is 0 Å². The second-order valence-electron chi connectivity index (χ2n) is 9.41. The number of carbonyl (C=O) groups is 2. The Bertz CT molecular complexity index is 1230. The van der Waals surface area contributed by atoms with E-state index in [4.69, 9.17) is 0 Å². The van der Waals surface area contributed by atoms with Crippen molar-refractivity contribution in [2.45, 2.75) is 51.5 Å². The molecule has 0 spiro atoms. The van der Waals surface area contributed by atoms with Crippen molar-refractivity contribution in [1.82, 2.24) is 19.7 Å². The lowest BCUT2D eigenvalue weighted by molar-refractivity contribution is -0.0342. The Labute approximate surface area is 194 Å². The van der Waals surface area contributed by atoms with Crippen LogP contribution in [0.15, 0.2) is 29.2 Å². The van der Waals surface area contributed by atoms with Gasteiger partial charge in [0.15, 0.2) is 11.4 Å². The number of fused-ring (bicyclic) bond motifs is 2. The van der Waals surface area contributed by atoms with Gasteiger partial charge >= 0.3 is 0 Å². The Kier molecular flexibility index (Phi) is 5.63. The molecule has 2 fully saturated rings. The van der Waals surface area contributed by atoms with Crippen LogP contribution in [0, 0.1) is 17.6 Å². The number of hydrogen-bond acceptors (Lipinski definition) is 5. The molecule has 180 valence electrons. The summed E-state index contributed by atoms with van der Waals surface area (Å²) in [5, 5.41) is 13.1. The van der Waals surface area contributed by atoms with Crippen LogP contribution in [-0.2, 0) is 13.1 Å². The normalized spacial score (nSPS) is 22.3. The van der Waals surface area contributed by atoms with Gasteiger partial charge < -0.3 is 19.9 Å². The molecule has 2 atom stereocenters. The van der Waals surface area contributed by atoms with E-state index < -0.39 is 34.6 Å². The van der Waals surface area contributed by atoms with Crippen molar-refractivity contribution in [3.63, 3.8) is 0 Å². The van der Waals surface area contributed by atoms with Crippen LogP contribution >= 0.6 is 0 Å². The van der Waals surface area contributed by atoms with E-state index in [9.17, 15) is 28.3 Å². The molecule has 3 aliphatic rings. The lowest BCUT2D eigenvalue weighted by atomic mass is 10.0. The Morgan fingerprint density at radius 1 is 1.21 bits per heavy atom. The second kappa shape index (κ2) is 8.50. The van der Waals surface area contributed by atoms with Crippen LogP contribution in [-0.4, -0.2) is 56.6 Å². The number of halogens is 2. The van der Waals surface area contributed by atoms with Crippen LogP contribution in [0.2, 0.25) is 0 Å². The van der Waals surface area contributed by atoms with Gasteiger partial charge in [-0.2, -0.15) is 0 Å². The molecule has 2 N–H and O–H groups in total. The lowest BCUT2D eigenvalue weighted by Crippen LogP contribution is -2.64. The van der Waals surface area contributed by atoms with Gasteiger partial charge in [0, 0.05) is 43.5 Å². The molecule has 1 unspecified atom stereocenters. The van der Waals surface area contributed by atoms with Crippen LogP contribution in [0.1, 0.15) is 52.6 Å². The molecule has 0 bridgehead atoms. The summed E-state index contributed by atoms with van der Waals surface area (Å²) in [6.07, 6.45) is 4.22. The molecule has 1 aromatic heterocycles. The molecule has 2 amide bonds. The molecule has 8 nitrogen and oxygen atoms in total. The van der Waals surface area contributed by atoms with Crippen LogP contribution < -0.4 is 10.7 Å². The number of carbonyl (C=O) groups excluding carboxylic acids is 2. The van der Waals surface area contributed by atoms with Crippen molar-refractivity contribution < 1.29 is 23.5 Å². The minimum absolute atomic E-state index is 0.0372. The Morgan fingerprint density at radius 2 is 1.97 bits per heavy atom. The average Bonchev–Trinajstić information content (AvgIpc) is 3.61. The van der Waals surface area contributed by atoms with E-state index >= 15 is 0 Å². The number of pyridine rings is 1. The highest BCUT2D eigenvalue weighted by Crippen LogP contribution is 2.35. The minimum Gasteiger partial charge on any atom is -0.503 e. The molecule has 10 heteroatoms. The Balaban J connectivity index is 1.43. The molecule has 1 saturated heterocycles.